The highest BCUT2D eigenvalue weighted by Crippen LogP contribution is 2.30. The van der Waals surface area contributed by atoms with Crippen molar-refractivity contribution in [2.24, 2.45) is 10.9 Å². The van der Waals surface area contributed by atoms with Crippen LogP contribution in [0.5, 0.6) is 11.5 Å². The molecule has 2 aromatic rings. The first-order valence-electron chi connectivity index (χ1n) is 10.2. The predicted molar refractivity (Wildman–Crippen MR) is 127 cm³/mol. The molecular formula is C22H30FIN4O2. The van der Waals surface area contributed by atoms with E-state index in [9.17, 15) is 4.39 Å². The molecule has 0 aliphatic heterocycles. The fraction of sp³-hybridized carbons (Fsp3) is 0.455. The van der Waals surface area contributed by atoms with Crippen LogP contribution in [0.3, 0.4) is 0 Å². The Balaban J connectivity index is 0.00000320. The van der Waals surface area contributed by atoms with Crippen molar-refractivity contribution >= 4 is 29.9 Å². The lowest BCUT2D eigenvalue weighted by molar-refractivity contribution is 0.285. The summed E-state index contributed by atoms with van der Waals surface area (Å²) in [6, 6.07) is 8.69. The summed E-state index contributed by atoms with van der Waals surface area (Å²) in [6.45, 7) is 6.22. The van der Waals surface area contributed by atoms with Crippen molar-refractivity contribution in [2.75, 3.05) is 26.3 Å². The van der Waals surface area contributed by atoms with Gasteiger partial charge in [0.1, 0.15) is 12.4 Å². The fourth-order valence-electron chi connectivity index (χ4n) is 2.76. The number of ether oxygens (including phenoxy) is 2. The van der Waals surface area contributed by atoms with Gasteiger partial charge in [-0.1, -0.05) is 6.07 Å². The Morgan fingerprint density at radius 2 is 2.13 bits per heavy atom. The van der Waals surface area contributed by atoms with Crippen molar-refractivity contribution in [3.05, 3.63) is 54.1 Å². The fourth-order valence-corrected chi connectivity index (χ4v) is 2.76. The number of rotatable bonds is 10. The lowest BCUT2D eigenvalue weighted by Crippen LogP contribution is -2.39. The van der Waals surface area contributed by atoms with Crippen LogP contribution in [0.15, 0.2) is 47.7 Å². The molecule has 1 atom stereocenters. The average molecular weight is 528 g/mol. The van der Waals surface area contributed by atoms with Gasteiger partial charge >= 0.3 is 0 Å². The Labute approximate surface area is 194 Å². The first kappa shape index (κ1) is 24.2. The van der Waals surface area contributed by atoms with Crippen LogP contribution in [0.4, 0.5) is 4.39 Å². The van der Waals surface area contributed by atoms with Gasteiger partial charge in [-0.3, -0.25) is 4.98 Å². The molecular weight excluding hydrogens is 498 g/mol. The van der Waals surface area contributed by atoms with Gasteiger partial charge in [-0.05, 0) is 62.4 Å². The first-order chi connectivity index (χ1) is 14.2. The molecule has 2 N–H and O–H groups in total. The van der Waals surface area contributed by atoms with E-state index in [1.54, 1.807) is 18.5 Å². The highest BCUT2D eigenvalue weighted by molar-refractivity contribution is 14.0. The minimum atomic E-state index is -0.330. The van der Waals surface area contributed by atoms with Crippen molar-refractivity contribution in [2.45, 2.75) is 32.7 Å². The molecule has 0 bridgehead atoms. The molecule has 164 valence electrons. The van der Waals surface area contributed by atoms with Crippen LogP contribution in [0, 0.1) is 11.7 Å². The molecule has 0 saturated heterocycles. The van der Waals surface area contributed by atoms with E-state index in [0.29, 0.717) is 43.1 Å². The number of aromatic nitrogens is 1. The van der Waals surface area contributed by atoms with Gasteiger partial charge in [0.05, 0.1) is 25.4 Å². The molecule has 8 heteroatoms. The molecule has 6 nitrogen and oxygen atoms in total. The van der Waals surface area contributed by atoms with Crippen molar-refractivity contribution in [1.82, 2.24) is 15.6 Å². The predicted octanol–water partition coefficient (Wildman–Crippen LogP) is 4.32. The molecule has 1 aromatic heterocycles. The van der Waals surface area contributed by atoms with Crippen LogP contribution >= 0.6 is 24.0 Å². The summed E-state index contributed by atoms with van der Waals surface area (Å²) in [5, 5.41) is 6.50. The highest BCUT2D eigenvalue weighted by Gasteiger charge is 2.22. The number of aliphatic imine (C=N–C) groups is 1. The Morgan fingerprint density at radius 1 is 1.30 bits per heavy atom. The summed E-state index contributed by atoms with van der Waals surface area (Å²) in [6.07, 6.45) is 5.73. The van der Waals surface area contributed by atoms with Crippen LogP contribution in [0.2, 0.25) is 0 Å². The minimum Gasteiger partial charge on any atom is -0.490 e. The number of nitrogens with zero attached hydrogens (tertiary/aromatic N) is 2. The maximum atomic E-state index is 14.4. The summed E-state index contributed by atoms with van der Waals surface area (Å²) in [5.74, 6) is 1.96. The average Bonchev–Trinajstić information content (AvgIpc) is 3.55. The van der Waals surface area contributed by atoms with Gasteiger partial charge in [0.15, 0.2) is 17.5 Å². The largest absolute Gasteiger partial charge is 0.490 e. The number of guanidine groups is 1. The number of halogens is 2. The normalized spacial score (nSPS) is 14.4. The molecule has 1 saturated carbocycles. The highest BCUT2D eigenvalue weighted by atomic mass is 127. The van der Waals surface area contributed by atoms with Crippen molar-refractivity contribution in [3.63, 3.8) is 0 Å². The number of hydrogen-bond acceptors (Lipinski definition) is 4. The van der Waals surface area contributed by atoms with Gasteiger partial charge in [-0.25, -0.2) is 9.38 Å². The van der Waals surface area contributed by atoms with Crippen molar-refractivity contribution in [3.8, 4) is 11.5 Å². The van der Waals surface area contributed by atoms with Crippen LogP contribution in [-0.2, 0) is 0 Å². The van der Waals surface area contributed by atoms with E-state index in [0.717, 1.165) is 12.1 Å². The van der Waals surface area contributed by atoms with Gasteiger partial charge in [0, 0.05) is 12.7 Å². The SMILES string of the molecule is CCNC(=NCCOc1cccnc1)NC(C)c1ccc(OCC2CC2)c(F)c1.I. The monoisotopic (exact) mass is 528 g/mol. The van der Waals surface area contributed by atoms with Gasteiger partial charge < -0.3 is 20.1 Å². The first-order valence-corrected chi connectivity index (χ1v) is 10.2. The molecule has 0 spiro atoms. The zero-order valence-electron chi connectivity index (χ0n) is 17.4. The van der Waals surface area contributed by atoms with Crippen molar-refractivity contribution < 1.29 is 13.9 Å². The summed E-state index contributed by atoms with van der Waals surface area (Å²) in [5.41, 5.74) is 0.832. The zero-order chi connectivity index (χ0) is 20.5. The maximum absolute atomic E-state index is 14.4. The van der Waals surface area contributed by atoms with E-state index in [1.165, 1.54) is 18.9 Å². The number of benzene rings is 1. The molecule has 1 aliphatic carbocycles. The van der Waals surface area contributed by atoms with E-state index < -0.39 is 0 Å². The van der Waals surface area contributed by atoms with Crippen LogP contribution in [0.25, 0.3) is 0 Å². The molecule has 30 heavy (non-hydrogen) atoms. The molecule has 1 unspecified atom stereocenters. The van der Waals surface area contributed by atoms with E-state index in [1.807, 2.05) is 32.0 Å². The number of pyridine rings is 1. The van der Waals surface area contributed by atoms with Crippen LogP contribution < -0.4 is 20.1 Å². The summed E-state index contributed by atoms with van der Waals surface area (Å²) < 4.78 is 25.5. The smallest absolute Gasteiger partial charge is 0.191 e. The van der Waals surface area contributed by atoms with Crippen LogP contribution in [0.1, 0.15) is 38.3 Å². The molecule has 1 fully saturated rings. The van der Waals surface area contributed by atoms with Gasteiger partial charge in [0.25, 0.3) is 0 Å². The molecule has 0 radical (unpaired) electrons. The summed E-state index contributed by atoms with van der Waals surface area (Å²) in [7, 11) is 0. The van der Waals surface area contributed by atoms with Crippen LogP contribution in [-0.4, -0.2) is 37.2 Å². The molecule has 1 aromatic carbocycles. The quantitative estimate of drug-likeness (QED) is 0.208. The second kappa shape index (κ2) is 12.6. The topological polar surface area (TPSA) is 67.8 Å². The Hall–Kier alpha value is -2.10. The lowest BCUT2D eigenvalue weighted by Gasteiger charge is -2.19. The second-order valence-corrected chi connectivity index (χ2v) is 7.11. The zero-order valence-corrected chi connectivity index (χ0v) is 19.8. The third-order valence-corrected chi connectivity index (χ3v) is 4.59. The van der Waals surface area contributed by atoms with E-state index in [4.69, 9.17) is 9.47 Å². The lowest BCUT2D eigenvalue weighted by atomic mass is 10.1. The van der Waals surface area contributed by atoms with Gasteiger partial charge in [-0.15, -0.1) is 24.0 Å². The number of hydrogen-bond donors (Lipinski definition) is 2. The Morgan fingerprint density at radius 3 is 2.80 bits per heavy atom. The third-order valence-electron chi connectivity index (χ3n) is 4.59. The summed E-state index contributed by atoms with van der Waals surface area (Å²) in [4.78, 5) is 8.53. The second-order valence-electron chi connectivity index (χ2n) is 7.11. The molecule has 1 heterocycles. The van der Waals surface area contributed by atoms with Gasteiger partial charge in [0.2, 0.25) is 0 Å². The standard InChI is InChI=1S/C22H29FN4O2.HI/c1-3-25-22(26-11-12-28-19-5-4-10-24-14-19)27-16(2)18-8-9-21(20(23)13-18)29-15-17-6-7-17;/h4-5,8-10,13-14,16-17H,3,6-7,11-12,15H2,1-2H3,(H2,25,26,27);1H. The Bertz CT molecular complexity index is 803. The van der Waals surface area contributed by atoms with E-state index >= 15 is 0 Å². The van der Waals surface area contributed by atoms with E-state index in [2.05, 4.69) is 20.6 Å². The minimum absolute atomic E-state index is 0. The molecule has 1 aliphatic rings. The maximum Gasteiger partial charge on any atom is 0.191 e. The van der Waals surface area contributed by atoms with E-state index in [-0.39, 0.29) is 35.8 Å². The molecule has 3 rings (SSSR count). The Kier molecular flexibility index (Phi) is 10.1. The number of nitrogens with one attached hydrogen (secondary N) is 2. The third kappa shape index (κ3) is 7.97. The summed E-state index contributed by atoms with van der Waals surface area (Å²) >= 11 is 0. The van der Waals surface area contributed by atoms with Gasteiger partial charge in [-0.2, -0.15) is 0 Å². The molecule has 0 amide bonds. The van der Waals surface area contributed by atoms with Crippen molar-refractivity contribution in [1.29, 1.82) is 0 Å².